The highest BCUT2D eigenvalue weighted by atomic mass is 14.7. The molecule has 0 fully saturated rings. The lowest BCUT2D eigenvalue weighted by molar-refractivity contribution is 0.822. The minimum Gasteiger partial charge on any atom is -0.253 e. The van der Waals surface area contributed by atoms with E-state index in [0.717, 1.165) is 24.2 Å². The summed E-state index contributed by atoms with van der Waals surface area (Å²) in [6.07, 6.45) is 3.44. The molecule has 0 saturated heterocycles. The first-order chi connectivity index (χ1) is 8.84. The van der Waals surface area contributed by atoms with Crippen molar-refractivity contribution in [1.29, 1.82) is 0 Å². The predicted molar refractivity (Wildman–Crippen MR) is 76.8 cm³/mol. The zero-order valence-electron chi connectivity index (χ0n) is 10.7. The van der Waals surface area contributed by atoms with E-state index < -0.39 is 0 Å². The van der Waals surface area contributed by atoms with Gasteiger partial charge in [0.2, 0.25) is 0 Å². The van der Waals surface area contributed by atoms with Crippen LogP contribution < -0.4 is 0 Å². The van der Waals surface area contributed by atoms with Gasteiger partial charge in [-0.3, -0.25) is 4.99 Å². The third kappa shape index (κ3) is 2.08. The molecule has 0 unspecified atom stereocenters. The Hall–Kier alpha value is -1.89. The van der Waals surface area contributed by atoms with Gasteiger partial charge in [0.25, 0.3) is 0 Å². The molecular weight excluding hydrogens is 218 g/mol. The summed E-state index contributed by atoms with van der Waals surface area (Å²) in [4.78, 5) is 4.82. The molecule has 0 amide bonds. The molecule has 2 aromatic carbocycles. The smallest absolute Gasteiger partial charge is 0.0665 e. The van der Waals surface area contributed by atoms with Gasteiger partial charge in [-0.1, -0.05) is 42.5 Å². The van der Waals surface area contributed by atoms with Crippen molar-refractivity contribution in [3.05, 3.63) is 65.2 Å². The van der Waals surface area contributed by atoms with E-state index in [4.69, 9.17) is 4.99 Å². The molecule has 0 radical (unpaired) electrons. The molecule has 1 nitrogen and oxygen atoms in total. The predicted octanol–water partition coefficient (Wildman–Crippen LogP) is 4.32. The maximum Gasteiger partial charge on any atom is 0.0665 e. The van der Waals surface area contributed by atoms with Gasteiger partial charge < -0.3 is 0 Å². The molecule has 0 saturated carbocycles. The molecule has 1 aliphatic heterocycles. The fraction of sp³-hybridized carbons (Fsp3) is 0.235. The lowest BCUT2D eigenvalue weighted by Gasteiger charge is -2.07. The Balaban J connectivity index is 2.14. The summed E-state index contributed by atoms with van der Waals surface area (Å²) in [7, 11) is 0. The van der Waals surface area contributed by atoms with E-state index >= 15 is 0 Å². The Labute approximate surface area is 108 Å². The number of nitrogens with zero attached hydrogens (tertiary/aromatic N) is 1. The van der Waals surface area contributed by atoms with E-state index in [2.05, 4.69) is 55.5 Å². The minimum absolute atomic E-state index is 1.11. The summed E-state index contributed by atoms with van der Waals surface area (Å²) >= 11 is 0. The molecular formula is C17H17N. The highest BCUT2D eigenvalue weighted by Gasteiger charge is 2.09. The minimum atomic E-state index is 1.11. The fourth-order valence-corrected chi connectivity index (χ4v) is 2.63. The van der Waals surface area contributed by atoms with Crippen LogP contribution >= 0.6 is 0 Å². The monoisotopic (exact) mass is 235 g/mol. The van der Waals surface area contributed by atoms with E-state index in [1.54, 1.807) is 0 Å². The molecule has 1 aliphatic rings. The van der Waals surface area contributed by atoms with Gasteiger partial charge in [-0.25, -0.2) is 0 Å². The molecule has 0 N–H and O–H groups in total. The van der Waals surface area contributed by atoms with Crippen molar-refractivity contribution in [3.8, 4) is 0 Å². The lowest BCUT2D eigenvalue weighted by atomic mass is 9.98. The van der Waals surface area contributed by atoms with Gasteiger partial charge in [0.15, 0.2) is 0 Å². The van der Waals surface area contributed by atoms with Crippen LogP contribution in [0.4, 0.5) is 5.69 Å². The van der Waals surface area contributed by atoms with E-state index in [1.165, 1.54) is 23.1 Å². The summed E-state index contributed by atoms with van der Waals surface area (Å²) in [5.41, 5.74) is 6.34. The number of fused-ring (bicyclic) bond motifs is 2. The number of rotatable bonds is 0. The van der Waals surface area contributed by atoms with Crippen LogP contribution in [0.15, 0.2) is 53.5 Å². The first-order valence-electron chi connectivity index (χ1n) is 6.56. The average molecular weight is 235 g/mol. The van der Waals surface area contributed by atoms with Crippen LogP contribution in [0.5, 0.6) is 0 Å². The van der Waals surface area contributed by atoms with Crippen molar-refractivity contribution in [1.82, 2.24) is 0 Å². The number of aliphatic imine (C=N–C) groups is 1. The maximum absolute atomic E-state index is 4.82. The molecule has 90 valence electrons. The number of para-hydroxylation sites is 1. The molecule has 0 spiro atoms. The molecule has 0 aromatic heterocycles. The largest absolute Gasteiger partial charge is 0.253 e. The summed E-state index contributed by atoms with van der Waals surface area (Å²) in [5.74, 6) is 0. The quantitative estimate of drug-likeness (QED) is 0.645. The zero-order chi connectivity index (χ0) is 12.4. The first-order valence-corrected chi connectivity index (χ1v) is 6.56. The highest BCUT2D eigenvalue weighted by molar-refractivity contribution is 6.01. The Morgan fingerprint density at radius 1 is 0.833 bits per heavy atom. The number of benzene rings is 2. The number of aryl methyl sites for hydroxylation is 2. The summed E-state index contributed by atoms with van der Waals surface area (Å²) < 4.78 is 0. The Morgan fingerprint density at radius 3 is 2.39 bits per heavy atom. The van der Waals surface area contributed by atoms with Gasteiger partial charge in [0, 0.05) is 5.71 Å². The summed E-state index contributed by atoms with van der Waals surface area (Å²) in [5, 5.41) is 0. The molecule has 1 heteroatoms. The van der Waals surface area contributed by atoms with Crippen LogP contribution in [-0.4, -0.2) is 5.71 Å². The summed E-state index contributed by atoms with van der Waals surface area (Å²) in [6, 6.07) is 17.1. The lowest BCUT2D eigenvalue weighted by Crippen LogP contribution is -1.99. The van der Waals surface area contributed by atoms with Gasteiger partial charge in [-0.05, 0) is 48.9 Å². The maximum atomic E-state index is 4.82. The second-order valence-electron chi connectivity index (χ2n) is 4.84. The standard InChI is InChI=1S/C17H17N/c1-13-16-11-4-2-7-14(16)9-6-10-15-8-3-5-12-17(15)18-13/h2-5,7-8,11-12H,6,9-10H2,1H3. The van der Waals surface area contributed by atoms with Gasteiger partial charge >= 0.3 is 0 Å². The third-order valence-electron chi connectivity index (χ3n) is 3.58. The topological polar surface area (TPSA) is 12.4 Å². The SMILES string of the molecule is CC1=Nc2ccccc2CCCc2ccccc21. The third-order valence-corrected chi connectivity index (χ3v) is 3.58. The Kier molecular flexibility index (Phi) is 2.97. The second kappa shape index (κ2) is 4.77. The van der Waals surface area contributed by atoms with E-state index in [0.29, 0.717) is 0 Å². The van der Waals surface area contributed by atoms with Crippen molar-refractivity contribution >= 4 is 11.4 Å². The van der Waals surface area contributed by atoms with E-state index in [1.807, 2.05) is 0 Å². The number of hydrogen-bond acceptors (Lipinski definition) is 1. The molecule has 18 heavy (non-hydrogen) atoms. The molecule has 2 aromatic rings. The molecule has 1 heterocycles. The van der Waals surface area contributed by atoms with Crippen molar-refractivity contribution in [2.45, 2.75) is 26.2 Å². The van der Waals surface area contributed by atoms with Crippen LogP contribution in [0.3, 0.4) is 0 Å². The molecule has 0 aliphatic carbocycles. The van der Waals surface area contributed by atoms with Crippen molar-refractivity contribution < 1.29 is 0 Å². The van der Waals surface area contributed by atoms with Gasteiger partial charge in [0.05, 0.1) is 5.69 Å². The average Bonchev–Trinajstić information content (AvgIpc) is 2.47. The highest BCUT2D eigenvalue weighted by Crippen LogP contribution is 2.25. The Bertz CT molecular complexity index is 596. The zero-order valence-corrected chi connectivity index (χ0v) is 10.7. The normalized spacial score (nSPS) is 14.6. The van der Waals surface area contributed by atoms with Crippen LogP contribution in [0, 0.1) is 0 Å². The molecule has 3 rings (SSSR count). The number of hydrogen-bond donors (Lipinski definition) is 0. The van der Waals surface area contributed by atoms with Crippen molar-refractivity contribution in [2.75, 3.05) is 0 Å². The first kappa shape index (κ1) is 11.2. The second-order valence-corrected chi connectivity index (χ2v) is 4.84. The van der Waals surface area contributed by atoms with Crippen molar-refractivity contribution in [3.63, 3.8) is 0 Å². The molecule has 0 atom stereocenters. The van der Waals surface area contributed by atoms with E-state index in [-0.39, 0.29) is 0 Å². The van der Waals surface area contributed by atoms with Crippen LogP contribution in [0.1, 0.15) is 30.0 Å². The summed E-state index contributed by atoms with van der Waals surface area (Å²) in [6.45, 7) is 2.11. The van der Waals surface area contributed by atoms with Gasteiger partial charge in [-0.2, -0.15) is 0 Å². The van der Waals surface area contributed by atoms with Crippen molar-refractivity contribution in [2.24, 2.45) is 4.99 Å². The van der Waals surface area contributed by atoms with Gasteiger partial charge in [0.1, 0.15) is 0 Å². The fourth-order valence-electron chi connectivity index (χ4n) is 2.63. The van der Waals surface area contributed by atoms with Crippen LogP contribution in [0.25, 0.3) is 0 Å². The van der Waals surface area contributed by atoms with Crippen LogP contribution in [-0.2, 0) is 12.8 Å². The van der Waals surface area contributed by atoms with Crippen LogP contribution in [0.2, 0.25) is 0 Å². The van der Waals surface area contributed by atoms with E-state index in [9.17, 15) is 0 Å². The van der Waals surface area contributed by atoms with Gasteiger partial charge in [-0.15, -0.1) is 0 Å². The Morgan fingerprint density at radius 2 is 1.50 bits per heavy atom. The molecule has 0 bridgehead atoms.